The van der Waals surface area contributed by atoms with Crippen LogP contribution in [0.2, 0.25) is 10.0 Å². The second-order valence-electron chi connectivity index (χ2n) is 3.74. The van der Waals surface area contributed by atoms with Crippen LogP contribution in [0.1, 0.15) is 10.6 Å². The molecule has 1 aromatic carbocycles. The maximum Gasteiger partial charge on any atom is 0.0950 e. The fourth-order valence-corrected chi connectivity index (χ4v) is 2.58. The summed E-state index contributed by atoms with van der Waals surface area (Å²) in [6.07, 6.45) is 2.42. The summed E-state index contributed by atoms with van der Waals surface area (Å²) in [7, 11) is 0. The van der Waals surface area contributed by atoms with Crippen molar-refractivity contribution in [3.63, 3.8) is 0 Å². The number of hydrogen-bond donors (Lipinski definition) is 1. The summed E-state index contributed by atoms with van der Waals surface area (Å²) in [5, 5.41) is 13.8. The number of hydrogen-bond acceptors (Lipinski definition) is 3. The number of halogens is 2. The second-order valence-corrected chi connectivity index (χ2v) is 5.53. The van der Waals surface area contributed by atoms with Crippen LogP contribution >= 0.6 is 34.5 Å². The second kappa shape index (κ2) is 5.83. The number of aliphatic hydroxyl groups is 1. The molecule has 0 amide bonds. The normalized spacial score (nSPS) is 12.6. The molecule has 0 saturated carbocycles. The van der Waals surface area contributed by atoms with Crippen LogP contribution < -0.4 is 0 Å². The number of thiazole rings is 1. The smallest absolute Gasteiger partial charge is 0.0950 e. The van der Waals surface area contributed by atoms with Crippen molar-refractivity contribution in [1.82, 2.24) is 4.98 Å². The fraction of sp³-hybridized carbons (Fsp3) is 0.250. The van der Waals surface area contributed by atoms with Gasteiger partial charge in [-0.05, 0) is 24.1 Å². The summed E-state index contributed by atoms with van der Waals surface area (Å²) < 4.78 is 0. The number of nitrogens with zero attached hydrogens (tertiary/aromatic N) is 1. The fourth-order valence-electron chi connectivity index (χ4n) is 1.57. The summed E-state index contributed by atoms with van der Waals surface area (Å²) in [5.41, 5.74) is 0.975. The van der Waals surface area contributed by atoms with Gasteiger partial charge in [-0.3, -0.25) is 0 Å². The first-order valence-corrected chi connectivity index (χ1v) is 6.79. The third-order valence-electron chi connectivity index (χ3n) is 2.35. The molecule has 2 rings (SSSR count). The van der Waals surface area contributed by atoms with Crippen LogP contribution in [0.15, 0.2) is 29.8 Å². The zero-order chi connectivity index (χ0) is 12.3. The van der Waals surface area contributed by atoms with Crippen LogP contribution in [0, 0.1) is 0 Å². The lowest BCUT2D eigenvalue weighted by Crippen LogP contribution is -2.13. The number of rotatable bonds is 4. The molecule has 0 saturated heterocycles. The lowest BCUT2D eigenvalue weighted by atomic mass is 10.1. The Kier molecular flexibility index (Phi) is 4.40. The van der Waals surface area contributed by atoms with Gasteiger partial charge in [0, 0.05) is 18.0 Å². The predicted octanol–water partition coefficient (Wildman–Crippen LogP) is 3.60. The van der Waals surface area contributed by atoms with Crippen molar-refractivity contribution >= 4 is 34.5 Å². The molecule has 0 fully saturated rings. The maximum atomic E-state index is 9.93. The van der Waals surface area contributed by atoms with E-state index in [4.69, 9.17) is 23.2 Å². The van der Waals surface area contributed by atoms with E-state index < -0.39 is 6.10 Å². The third kappa shape index (κ3) is 3.68. The Hall–Kier alpha value is -0.610. The number of aliphatic hydroxyl groups excluding tert-OH is 1. The molecule has 1 unspecified atom stereocenters. The molecule has 0 aliphatic heterocycles. The zero-order valence-electron chi connectivity index (χ0n) is 8.94. The average Bonchev–Trinajstić information content (AvgIpc) is 2.76. The van der Waals surface area contributed by atoms with Crippen molar-refractivity contribution in [1.29, 1.82) is 0 Å². The molecule has 2 nitrogen and oxygen atoms in total. The minimum absolute atomic E-state index is 0.446. The molecule has 5 heteroatoms. The Morgan fingerprint density at radius 1 is 1.24 bits per heavy atom. The van der Waals surface area contributed by atoms with Gasteiger partial charge in [0.25, 0.3) is 0 Å². The molecule has 1 aromatic heterocycles. The van der Waals surface area contributed by atoms with Crippen molar-refractivity contribution in [2.45, 2.75) is 18.9 Å². The predicted molar refractivity (Wildman–Crippen MR) is 72.0 cm³/mol. The molecule has 0 aliphatic rings. The molecule has 2 aromatic rings. The van der Waals surface area contributed by atoms with Gasteiger partial charge in [-0.2, -0.15) is 0 Å². The number of benzene rings is 1. The van der Waals surface area contributed by atoms with E-state index in [1.54, 1.807) is 29.7 Å². The van der Waals surface area contributed by atoms with Crippen molar-refractivity contribution in [3.8, 4) is 0 Å². The molecule has 1 N–H and O–H groups in total. The van der Waals surface area contributed by atoms with Gasteiger partial charge in [0.2, 0.25) is 0 Å². The van der Waals surface area contributed by atoms with Crippen molar-refractivity contribution in [2.75, 3.05) is 0 Å². The Labute approximate surface area is 114 Å². The Balaban J connectivity index is 1.98. The van der Waals surface area contributed by atoms with Crippen LogP contribution in [0.25, 0.3) is 0 Å². The van der Waals surface area contributed by atoms with Gasteiger partial charge in [-0.15, -0.1) is 11.3 Å². The highest BCUT2D eigenvalue weighted by molar-refractivity contribution is 7.09. The standard InChI is InChI=1S/C12H11Cl2NOS/c13-10-2-1-8(6-11(10)14)5-9(16)7-12-15-3-4-17-12/h1-4,6,9,16H,5,7H2. The molecule has 0 aliphatic carbocycles. The first kappa shape index (κ1) is 12.8. The molecule has 1 atom stereocenters. The molecule has 1 heterocycles. The van der Waals surface area contributed by atoms with E-state index in [0.717, 1.165) is 10.6 Å². The molecule has 0 spiro atoms. The van der Waals surface area contributed by atoms with Crippen molar-refractivity contribution < 1.29 is 5.11 Å². The summed E-state index contributed by atoms with van der Waals surface area (Å²) in [4.78, 5) is 4.14. The third-order valence-corrected chi connectivity index (χ3v) is 3.89. The van der Waals surface area contributed by atoms with E-state index in [0.29, 0.717) is 22.9 Å². The Bertz CT molecular complexity index is 487. The number of aromatic nitrogens is 1. The van der Waals surface area contributed by atoms with Crippen LogP contribution in [0.5, 0.6) is 0 Å². The minimum Gasteiger partial charge on any atom is -0.392 e. The van der Waals surface area contributed by atoms with E-state index in [2.05, 4.69) is 4.98 Å². The van der Waals surface area contributed by atoms with Gasteiger partial charge in [-0.1, -0.05) is 29.3 Å². The lowest BCUT2D eigenvalue weighted by Gasteiger charge is -2.09. The van der Waals surface area contributed by atoms with Crippen molar-refractivity contribution in [3.05, 3.63) is 50.4 Å². The monoisotopic (exact) mass is 287 g/mol. The molecular weight excluding hydrogens is 277 g/mol. The molecule has 90 valence electrons. The van der Waals surface area contributed by atoms with Crippen LogP contribution in [-0.4, -0.2) is 16.2 Å². The van der Waals surface area contributed by atoms with Crippen LogP contribution in [-0.2, 0) is 12.8 Å². The van der Waals surface area contributed by atoms with Gasteiger partial charge < -0.3 is 5.11 Å². The first-order valence-electron chi connectivity index (χ1n) is 5.15. The Morgan fingerprint density at radius 2 is 2.06 bits per heavy atom. The van der Waals surface area contributed by atoms with Crippen LogP contribution in [0.4, 0.5) is 0 Å². The summed E-state index contributed by atoms with van der Waals surface area (Å²) in [6.45, 7) is 0. The van der Waals surface area contributed by atoms with E-state index in [1.165, 1.54) is 0 Å². The maximum absolute atomic E-state index is 9.93. The van der Waals surface area contributed by atoms with Crippen LogP contribution in [0.3, 0.4) is 0 Å². The summed E-state index contributed by atoms with van der Waals surface area (Å²) in [6, 6.07) is 5.41. The topological polar surface area (TPSA) is 33.1 Å². The van der Waals surface area contributed by atoms with Gasteiger partial charge in [0.1, 0.15) is 0 Å². The lowest BCUT2D eigenvalue weighted by molar-refractivity contribution is 0.175. The summed E-state index contributed by atoms with van der Waals surface area (Å²) >= 11 is 13.3. The largest absolute Gasteiger partial charge is 0.392 e. The van der Waals surface area contributed by atoms with E-state index in [9.17, 15) is 5.11 Å². The zero-order valence-corrected chi connectivity index (χ0v) is 11.3. The SMILES string of the molecule is OC(Cc1ccc(Cl)c(Cl)c1)Cc1nccs1. The highest BCUT2D eigenvalue weighted by Gasteiger charge is 2.09. The Morgan fingerprint density at radius 3 is 2.71 bits per heavy atom. The first-order chi connectivity index (χ1) is 8.15. The van der Waals surface area contributed by atoms with Crippen molar-refractivity contribution in [2.24, 2.45) is 0 Å². The van der Waals surface area contributed by atoms with E-state index >= 15 is 0 Å². The average molecular weight is 288 g/mol. The van der Waals surface area contributed by atoms with E-state index in [1.807, 2.05) is 11.4 Å². The van der Waals surface area contributed by atoms with Gasteiger partial charge >= 0.3 is 0 Å². The van der Waals surface area contributed by atoms with Gasteiger partial charge in [0.15, 0.2) is 0 Å². The molecule has 0 radical (unpaired) electrons. The van der Waals surface area contributed by atoms with E-state index in [-0.39, 0.29) is 0 Å². The van der Waals surface area contributed by atoms with Gasteiger partial charge in [0.05, 0.1) is 21.2 Å². The highest BCUT2D eigenvalue weighted by atomic mass is 35.5. The molecular formula is C12H11Cl2NOS. The summed E-state index contributed by atoms with van der Waals surface area (Å²) in [5.74, 6) is 0. The molecule has 17 heavy (non-hydrogen) atoms. The van der Waals surface area contributed by atoms with Gasteiger partial charge in [-0.25, -0.2) is 4.98 Å². The quantitative estimate of drug-likeness (QED) is 0.932. The highest BCUT2D eigenvalue weighted by Crippen LogP contribution is 2.23. The minimum atomic E-state index is -0.446. The molecule has 0 bridgehead atoms.